The number of hydrogen-bond acceptors (Lipinski definition) is 4. The first-order valence-corrected chi connectivity index (χ1v) is 6.00. The first-order valence-electron chi connectivity index (χ1n) is 6.00. The summed E-state index contributed by atoms with van der Waals surface area (Å²) < 4.78 is 4.43. The van der Waals surface area contributed by atoms with Crippen molar-refractivity contribution in [3.63, 3.8) is 0 Å². The quantitative estimate of drug-likeness (QED) is 0.479. The zero-order valence-electron chi connectivity index (χ0n) is 11.1. The number of amides is 2. The van der Waals surface area contributed by atoms with Gasteiger partial charge in [-0.3, -0.25) is 9.59 Å². The smallest absolute Gasteiger partial charge is 0.330 e. The van der Waals surface area contributed by atoms with Crippen LogP contribution in [0.4, 0.5) is 5.69 Å². The summed E-state index contributed by atoms with van der Waals surface area (Å²) in [6, 6.07) is 8.86. The summed E-state index contributed by atoms with van der Waals surface area (Å²) in [5.41, 5.74) is 0.613. The fourth-order valence-electron chi connectivity index (χ4n) is 1.43. The molecule has 1 aliphatic rings. The number of imide groups is 1. The van der Waals surface area contributed by atoms with Crippen molar-refractivity contribution in [1.29, 1.82) is 0 Å². The van der Waals surface area contributed by atoms with Gasteiger partial charge in [-0.1, -0.05) is 24.8 Å². The third-order valence-corrected chi connectivity index (χ3v) is 2.28. The highest BCUT2D eigenvalue weighted by Gasteiger charge is 2.24. The molecule has 0 bridgehead atoms. The van der Waals surface area contributed by atoms with E-state index in [1.165, 1.54) is 12.2 Å². The van der Waals surface area contributed by atoms with E-state index in [-0.39, 0.29) is 17.8 Å². The fraction of sp³-hybridized carbons (Fsp3) is 0.133. The van der Waals surface area contributed by atoms with E-state index in [1.54, 1.807) is 31.2 Å². The van der Waals surface area contributed by atoms with Crippen LogP contribution in [0.5, 0.6) is 0 Å². The predicted molar refractivity (Wildman–Crippen MR) is 74.9 cm³/mol. The minimum Gasteiger partial charge on any atom is -0.463 e. The summed E-state index contributed by atoms with van der Waals surface area (Å²) in [6.45, 7) is 5.38. The van der Waals surface area contributed by atoms with Crippen molar-refractivity contribution in [3.05, 3.63) is 55.1 Å². The van der Waals surface area contributed by atoms with E-state index in [1.807, 2.05) is 6.07 Å². The molecule has 1 aliphatic heterocycles. The van der Waals surface area contributed by atoms with Crippen LogP contribution < -0.4 is 4.90 Å². The second-order valence-electron chi connectivity index (χ2n) is 3.64. The highest BCUT2D eigenvalue weighted by atomic mass is 16.5. The van der Waals surface area contributed by atoms with E-state index >= 15 is 0 Å². The monoisotopic (exact) mass is 273 g/mol. The van der Waals surface area contributed by atoms with Crippen molar-refractivity contribution in [3.8, 4) is 0 Å². The second-order valence-corrected chi connectivity index (χ2v) is 3.64. The number of carbonyl (C=O) groups is 3. The molecule has 0 saturated carbocycles. The van der Waals surface area contributed by atoms with Crippen LogP contribution in [0.25, 0.3) is 0 Å². The van der Waals surface area contributed by atoms with E-state index in [4.69, 9.17) is 0 Å². The summed E-state index contributed by atoms with van der Waals surface area (Å²) >= 11 is 0. The number of ether oxygens (including phenoxy) is 1. The molecular weight excluding hydrogens is 258 g/mol. The van der Waals surface area contributed by atoms with Gasteiger partial charge in [-0.2, -0.15) is 0 Å². The zero-order valence-corrected chi connectivity index (χ0v) is 11.1. The van der Waals surface area contributed by atoms with E-state index in [0.29, 0.717) is 12.3 Å². The van der Waals surface area contributed by atoms with Crippen LogP contribution in [0.15, 0.2) is 55.1 Å². The Bertz CT molecular complexity index is 516. The molecule has 2 amide bonds. The predicted octanol–water partition coefficient (Wildman–Crippen LogP) is 1.85. The van der Waals surface area contributed by atoms with Crippen LogP contribution in [0, 0.1) is 0 Å². The lowest BCUT2D eigenvalue weighted by Gasteiger charge is -2.12. The number of anilines is 1. The Morgan fingerprint density at radius 2 is 1.75 bits per heavy atom. The van der Waals surface area contributed by atoms with Crippen molar-refractivity contribution < 1.29 is 19.1 Å². The van der Waals surface area contributed by atoms with Crippen molar-refractivity contribution in [2.24, 2.45) is 0 Å². The molecule has 5 nitrogen and oxygen atoms in total. The van der Waals surface area contributed by atoms with Crippen molar-refractivity contribution >= 4 is 23.5 Å². The maximum Gasteiger partial charge on any atom is 0.330 e. The van der Waals surface area contributed by atoms with Crippen LogP contribution in [0.1, 0.15) is 6.92 Å². The lowest BCUT2D eigenvalue weighted by molar-refractivity contribution is -0.137. The standard InChI is InChI=1S/C10H7NO2.C5H8O2/c12-9-6-7-10(13)11(9)8-4-2-1-3-5-8;1-3-5(6)7-4-2/h1-7H;3H,1,4H2,2H3. The first-order chi connectivity index (χ1) is 9.60. The molecule has 0 spiro atoms. The van der Waals surface area contributed by atoms with E-state index < -0.39 is 0 Å². The molecule has 0 N–H and O–H groups in total. The summed E-state index contributed by atoms with van der Waals surface area (Å²) in [5, 5.41) is 0. The van der Waals surface area contributed by atoms with Gasteiger partial charge in [0, 0.05) is 18.2 Å². The highest BCUT2D eigenvalue weighted by molar-refractivity contribution is 6.28. The summed E-state index contributed by atoms with van der Waals surface area (Å²) in [4.78, 5) is 33.6. The van der Waals surface area contributed by atoms with Crippen LogP contribution in [-0.4, -0.2) is 24.4 Å². The van der Waals surface area contributed by atoms with E-state index in [2.05, 4.69) is 11.3 Å². The van der Waals surface area contributed by atoms with Crippen molar-refractivity contribution in [2.75, 3.05) is 11.5 Å². The Balaban J connectivity index is 0.000000246. The fourth-order valence-corrected chi connectivity index (χ4v) is 1.43. The topological polar surface area (TPSA) is 63.7 Å². The molecule has 0 aliphatic carbocycles. The molecule has 20 heavy (non-hydrogen) atoms. The molecule has 0 atom stereocenters. The second kappa shape index (κ2) is 7.68. The van der Waals surface area contributed by atoms with Crippen molar-refractivity contribution in [1.82, 2.24) is 0 Å². The number of para-hydroxylation sites is 1. The van der Waals surface area contributed by atoms with Gasteiger partial charge in [-0.25, -0.2) is 9.69 Å². The number of hydrogen-bond donors (Lipinski definition) is 0. The van der Waals surface area contributed by atoms with Crippen LogP contribution >= 0.6 is 0 Å². The molecule has 0 radical (unpaired) electrons. The van der Waals surface area contributed by atoms with Gasteiger partial charge in [0.25, 0.3) is 11.8 Å². The van der Waals surface area contributed by atoms with Gasteiger partial charge in [0.15, 0.2) is 0 Å². The van der Waals surface area contributed by atoms with Gasteiger partial charge in [0.1, 0.15) is 0 Å². The van der Waals surface area contributed by atoms with Crippen LogP contribution in [0.2, 0.25) is 0 Å². The maximum atomic E-state index is 11.2. The molecule has 1 aromatic carbocycles. The largest absolute Gasteiger partial charge is 0.463 e. The van der Waals surface area contributed by atoms with Gasteiger partial charge in [0.05, 0.1) is 12.3 Å². The molecule has 2 rings (SSSR count). The van der Waals surface area contributed by atoms with E-state index in [0.717, 1.165) is 11.0 Å². The van der Waals surface area contributed by atoms with Gasteiger partial charge in [0.2, 0.25) is 0 Å². The number of nitrogens with zero attached hydrogens (tertiary/aromatic N) is 1. The lowest BCUT2D eigenvalue weighted by atomic mass is 10.3. The minimum atomic E-state index is -0.359. The van der Waals surface area contributed by atoms with Gasteiger partial charge in [-0.15, -0.1) is 0 Å². The van der Waals surface area contributed by atoms with Gasteiger partial charge >= 0.3 is 5.97 Å². The number of carbonyl (C=O) groups excluding carboxylic acids is 3. The van der Waals surface area contributed by atoms with E-state index in [9.17, 15) is 14.4 Å². The molecule has 5 heteroatoms. The Labute approximate surface area is 117 Å². The molecule has 0 aromatic heterocycles. The summed E-state index contributed by atoms with van der Waals surface area (Å²) in [5.74, 6) is -0.921. The molecule has 104 valence electrons. The number of esters is 1. The van der Waals surface area contributed by atoms with Crippen LogP contribution in [0.3, 0.4) is 0 Å². The number of benzene rings is 1. The molecule has 0 unspecified atom stereocenters. The first kappa shape index (κ1) is 15.4. The Morgan fingerprint density at radius 1 is 1.20 bits per heavy atom. The molecule has 1 aromatic rings. The Kier molecular flexibility index (Phi) is 5.90. The Hall–Kier alpha value is -2.69. The number of rotatable bonds is 3. The highest BCUT2D eigenvalue weighted by Crippen LogP contribution is 2.17. The zero-order chi connectivity index (χ0) is 15.0. The molecule has 1 heterocycles. The average Bonchev–Trinajstić information content (AvgIpc) is 2.80. The SMILES string of the molecule is C=CC(=O)OCC.O=C1C=CC(=O)N1c1ccccc1. The average molecular weight is 273 g/mol. The lowest BCUT2D eigenvalue weighted by Crippen LogP contribution is -2.29. The summed E-state index contributed by atoms with van der Waals surface area (Å²) in [7, 11) is 0. The minimum absolute atomic E-state index is 0.281. The third-order valence-electron chi connectivity index (χ3n) is 2.28. The molecular formula is C15H15NO4. The van der Waals surface area contributed by atoms with Crippen LogP contribution in [-0.2, 0) is 19.1 Å². The van der Waals surface area contributed by atoms with Gasteiger partial charge in [-0.05, 0) is 19.1 Å². The third kappa shape index (κ3) is 4.20. The van der Waals surface area contributed by atoms with Crippen molar-refractivity contribution in [2.45, 2.75) is 6.92 Å². The summed E-state index contributed by atoms with van der Waals surface area (Å²) in [6.07, 6.45) is 3.69. The van der Waals surface area contributed by atoms with Gasteiger partial charge < -0.3 is 4.74 Å². The molecule has 0 saturated heterocycles. The normalized spacial score (nSPS) is 12.8. The Morgan fingerprint density at radius 3 is 2.15 bits per heavy atom. The molecule has 0 fully saturated rings. The maximum absolute atomic E-state index is 11.2.